The maximum Gasteiger partial charge on any atom is 0.319 e. The van der Waals surface area contributed by atoms with Crippen LogP contribution in [0.2, 0.25) is 0 Å². The van der Waals surface area contributed by atoms with Gasteiger partial charge in [-0.1, -0.05) is 0 Å². The molecule has 2 aromatic rings. The Labute approximate surface area is 207 Å². The number of carbonyl (C=O) groups is 2. The number of amides is 3. The second-order valence-electron chi connectivity index (χ2n) is 8.75. The molecule has 190 valence electrons. The first kappa shape index (κ1) is 26.3. The summed E-state index contributed by atoms with van der Waals surface area (Å²) >= 11 is 0. The lowest BCUT2D eigenvalue weighted by molar-refractivity contribution is 0.0588. The maximum atomic E-state index is 13.2. The van der Waals surface area contributed by atoms with E-state index in [1.165, 1.54) is 0 Å². The van der Waals surface area contributed by atoms with Gasteiger partial charge in [0.25, 0.3) is 5.91 Å². The molecule has 2 N–H and O–H groups in total. The van der Waals surface area contributed by atoms with Crippen LogP contribution in [0.15, 0.2) is 30.3 Å². The minimum absolute atomic E-state index is 0.00632. The number of benzene rings is 1. The quantitative estimate of drug-likeness (QED) is 0.567. The first-order valence-corrected chi connectivity index (χ1v) is 12.1. The first-order chi connectivity index (χ1) is 16.8. The van der Waals surface area contributed by atoms with Crippen LogP contribution in [0.25, 0.3) is 0 Å². The Bertz CT molecular complexity index is 1000. The Balaban J connectivity index is 1.46. The number of pyridine rings is 1. The van der Waals surface area contributed by atoms with Crippen molar-refractivity contribution < 1.29 is 19.1 Å². The van der Waals surface area contributed by atoms with E-state index >= 15 is 0 Å². The Morgan fingerprint density at radius 1 is 1.06 bits per heavy atom. The van der Waals surface area contributed by atoms with Crippen LogP contribution in [-0.4, -0.2) is 79.7 Å². The van der Waals surface area contributed by atoms with Gasteiger partial charge in [-0.2, -0.15) is 0 Å². The van der Waals surface area contributed by atoms with Gasteiger partial charge in [0.2, 0.25) is 0 Å². The number of carbonyl (C=O) groups excluding carboxylic acids is 2. The van der Waals surface area contributed by atoms with E-state index in [-0.39, 0.29) is 18.0 Å². The van der Waals surface area contributed by atoms with E-state index in [9.17, 15) is 9.59 Å². The number of anilines is 1. The monoisotopic (exact) mass is 483 g/mol. The standard InChI is InChI=1S/C26H37N5O4/c1-6-31(25(32)20-7-8-23(34-4)24(17-20)35-5)22-9-12-30(13-10-22)14-11-27-26(33)29-21-15-18(2)28-19(3)16-21/h7-8,15-17,22H,6,9-14H2,1-5H3,(H2,27,28,29,33). The third-order valence-electron chi connectivity index (χ3n) is 6.28. The largest absolute Gasteiger partial charge is 0.493 e. The van der Waals surface area contributed by atoms with Gasteiger partial charge in [0, 0.05) is 61.4 Å². The second kappa shape index (κ2) is 12.4. The number of likely N-dealkylation sites (tertiary alicyclic amines) is 1. The summed E-state index contributed by atoms with van der Waals surface area (Å²) in [4.78, 5) is 34.0. The zero-order valence-electron chi connectivity index (χ0n) is 21.4. The van der Waals surface area contributed by atoms with E-state index in [0.29, 0.717) is 30.2 Å². The Hall–Kier alpha value is -3.33. The molecule has 1 aliphatic heterocycles. The molecular formula is C26H37N5O4. The van der Waals surface area contributed by atoms with E-state index < -0.39 is 0 Å². The maximum absolute atomic E-state index is 13.2. The van der Waals surface area contributed by atoms with Crippen molar-refractivity contribution in [3.63, 3.8) is 0 Å². The number of nitrogens with zero attached hydrogens (tertiary/aromatic N) is 3. The van der Waals surface area contributed by atoms with Crippen molar-refractivity contribution in [2.24, 2.45) is 0 Å². The van der Waals surface area contributed by atoms with E-state index in [2.05, 4.69) is 20.5 Å². The molecule has 0 saturated carbocycles. The summed E-state index contributed by atoms with van der Waals surface area (Å²) in [5.41, 5.74) is 3.08. The second-order valence-corrected chi connectivity index (χ2v) is 8.75. The van der Waals surface area contributed by atoms with Gasteiger partial charge in [0.05, 0.1) is 14.2 Å². The summed E-state index contributed by atoms with van der Waals surface area (Å²) in [5.74, 6) is 1.16. The number of rotatable bonds is 9. The number of ether oxygens (including phenoxy) is 2. The minimum atomic E-state index is -0.220. The van der Waals surface area contributed by atoms with Crippen molar-refractivity contribution in [3.05, 3.63) is 47.3 Å². The van der Waals surface area contributed by atoms with Crippen LogP contribution in [0.1, 0.15) is 41.5 Å². The SMILES string of the molecule is CCN(C(=O)c1ccc(OC)c(OC)c1)C1CCN(CCNC(=O)Nc2cc(C)nc(C)c2)CC1. The Kier molecular flexibility index (Phi) is 9.31. The van der Waals surface area contributed by atoms with Gasteiger partial charge >= 0.3 is 6.03 Å². The molecule has 35 heavy (non-hydrogen) atoms. The van der Waals surface area contributed by atoms with Crippen LogP contribution in [0, 0.1) is 13.8 Å². The highest BCUT2D eigenvalue weighted by Crippen LogP contribution is 2.29. The topological polar surface area (TPSA) is 96.0 Å². The highest BCUT2D eigenvalue weighted by atomic mass is 16.5. The van der Waals surface area contributed by atoms with Crippen molar-refractivity contribution in [3.8, 4) is 11.5 Å². The molecule has 9 heteroatoms. The fraction of sp³-hybridized carbons (Fsp3) is 0.500. The third-order valence-corrected chi connectivity index (χ3v) is 6.28. The summed E-state index contributed by atoms with van der Waals surface area (Å²) < 4.78 is 10.6. The van der Waals surface area contributed by atoms with Gasteiger partial charge in [-0.05, 0) is 63.9 Å². The summed E-state index contributed by atoms with van der Waals surface area (Å²) in [5, 5.41) is 5.79. The lowest BCUT2D eigenvalue weighted by atomic mass is 10.0. The van der Waals surface area contributed by atoms with E-state index in [1.807, 2.05) is 37.8 Å². The molecule has 0 spiro atoms. The lowest BCUT2D eigenvalue weighted by Crippen LogP contribution is -2.48. The summed E-state index contributed by atoms with van der Waals surface area (Å²) in [6.07, 6.45) is 1.79. The molecule has 1 saturated heterocycles. The number of urea groups is 1. The molecule has 0 unspecified atom stereocenters. The Morgan fingerprint density at radius 2 is 1.71 bits per heavy atom. The summed E-state index contributed by atoms with van der Waals surface area (Å²) in [6.45, 7) is 9.55. The average molecular weight is 484 g/mol. The first-order valence-electron chi connectivity index (χ1n) is 12.1. The lowest BCUT2D eigenvalue weighted by Gasteiger charge is -2.38. The Morgan fingerprint density at radius 3 is 2.31 bits per heavy atom. The molecule has 1 fully saturated rings. The van der Waals surface area contributed by atoms with Gasteiger partial charge in [0.1, 0.15) is 0 Å². The van der Waals surface area contributed by atoms with Crippen LogP contribution in [0.5, 0.6) is 11.5 Å². The molecule has 9 nitrogen and oxygen atoms in total. The number of methoxy groups -OCH3 is 2. The van der Waals surface area contributed by atoms with Crippen LogP contribution >= 0.6 is 0 Å². The van der Waals surface area contributed by atoms with Crippen molar-refractivity contribution in [2.45, 2.75) is 39.7 Å². The average Bonchev–Trinajstić information content (AvgIpc) is 2.84. The van der Waals surface area contributed by atoms with Gasteiger partial charge in [0.15, 0.2) is 11.5 Å². The molecular weight excluding hydrogens is 446 g/mol. The van der Waals surface area contributed by atoms with Gasteiger partial charge in [-0.3, -0.25) is 9.78 Å². The molecule has 0 aliphatic carbocycles. The number of hydrogen-bond donors (Lipinski definition) is 2. The molecule has 2 heterocycles. The number of piperidine rings is 1. The summed E-state index contributed by atoms with van der Waals surface area (Å²) in [6, 6.07) is 8.95. The summed E-state index contributed by atoms with van der Waals surface area (Å²) in [7, 11) is 3.15. The molecule has 1 aliphatic rings. The number of nitrogens with one attached hydrogen (secondary N) is 2. The molecule has 1 aromatic heterocycles. The van der Waals surface area contributed by atoms with E-state index in [1.54, 1.807) is 32.4 Å². The van der Waals surface area contributed by atoms with Crippen LogP contribution in [0.3, 0.4) is 0 Å². The zero-order chi connectivity index (χ0) is 25.4. The fourth-order valence-corrected chi connectivity index (χ4v) is 4.57. The molecule has 0 bridgehead atoms. The van der Waals surface area contributed by atoms with Crippen molar-refractivity contribution in [2.75, 3.05) is 52.3 Å². The number of hydrogen-bond acceptors (Lipinski definition) is 6. The van der Waals surface area contributed by atoms with Crippen molar-refractivity contribution in [1.29, 1.82) is 0 Å². The number of aromatic nitrogens is 1. The normalized spacial score (nSPS) is 14.3. The third kappa shape index (κ3) is 7.08. The highest BCUT2D eigenvalue weighted by Gasteiger charge is 2.28. The minimum Gasteiger partial charge on any atom is -0.493 e. The van der Waals surface area contributed by atoms with Crippen molar-refractivity contribution in [1.82, 2.24) is 20.1 Å². The molecule has 3 amide bonds. The van der Waals surface area contributed by atoms with E-state index in [4.69, 9.17) is 9.47 Å². The zero-order valence-corrected chi connectivity index (χ0v) is 21.4. The predicted molar refractivity (Wildman–Crippen MR) is 136 cm³/mol. The van der Waals surface area contributed by atoms with E-state index in [0.717, 1.165) is 49.6 Å². The van der Waals surface area contributed by atoms with Crippen molar-refractivity contribution >= 4 is 17.6 Å². The van der Waals surface area contributed by atoms with Crippen LogP contribution in [0.4, 0.5) is 10.5 Å². The fourth-order valence-electron chi connectivity index (χ4n) is 4.57. The van der Waals surface area contributed by atoms with Gasteiger partial charge in [-0.25, -0.2) is 4.79 Å². The van der Waals surface area contributed by atoms with Crippen LogP contribution < -0.4 is 20.1 Å². The predicted octanol–water partition coefficient (Wildman–Crippen LogP) is 3.46. The molecule has 0 atom stereocenters. The molecule has 1 aromatic carbocycles. The molecule has 0 radical (unpaired) electrons. The van der Waals surface area contributed by atoms with Gasteiger partial charge in [-0.15, -0.1) is 0 Å². The van der Waals surface area contributed by atoms with Gasteiger partial charge < -0.3 is 29.9 Å². The smallest absolute Gasteiger partial charge is 0.319 e. The van der Waals surface area contributed by atoms with Crippen LogP contribution in [-0.2, 0) is 0 Å². The number of aryl methyl sites for hydroxylation is 2. The molecule has 3 rings (SSSR count). The highest BCUT2D eigenvalue weighted by molar-refractivity contribution is 5.95.